The van der Waals surface area contributed by atoms with Gasteiger partial charge in [0.05, 0.1) is 6.33 Å². The third kappa shape index (κ3) is 3.73. The Morgan fingerprint density at radius 1 is 0.963 bits per heavy atom. The molecule has 0 saturated carbocycles. The molecule has 10 heteroatoms. The molecule has 0 saturated heterocycles. The van der Waals surface area contributed by atoms with Crippen molar-refractivity contribution in [2.45, 2.75) is 19.3 Å². The molecular formula is C17H14F3N7. The average Bonchev–Trinajstić information content (AvgIpc) is 3.29. The van der Waals surface area contributed by atoms with Gasteiger partial charge in [-0.15, -0.1) is 15.3 Å². The van der Waals surface area contributed by atoms with Crippen molar-refractivity contribution in [2.75, 3.05) is 5.32 Å². The van der Waals surface area contributed by atoms with Crippen molar-refractivity contribution in [3.05, 3.63) is 72.1 Å². The van der Waals surface area contributed by atoms with Crippen LogP contribution in [0.3, 0.4) is 0 Å². The number of fused-ring (bicyclic) bond motifs is 1. The fraction of sp³-hybridized carbons (Fsp3) is 0.176. The second-order valence-electron chi connectivity index (χ2n) is 5.92. The van der Waals surface area contributed by atoms with E-state index in [-0.39, 0.29) is 5.65 Å². The molecule has 4 rings (SSSR count). The zero-order valence-corrected chi connectivity index (χ0v) is 13.9. The number of aromatic nitrogens is 6. The van der Waals surface area contributed by atoms with Crippen LogP contribution < -0.4 is 5.32 Å². The standard InChI is InChI=1S/C17H14F3N7/c18-17(19,20)16-24-23-15-6-5-14(25-27(15)16)22-9-12-1-3-13(4-2-12)10-26-8-7-21-11-26/h1-8,11H,9-10H2,(H,22,25). The molecule has 1 N–H and O–H groups in total. The minimum absolute atomic E-state index is 0.0386. The summed E-state index contributed by atoms with van der Waals surface area (Å²) in [4.78, 5) is 4.00. The largest absolute Gasteiger partial charge is 0.453 e. The highest BCUT2D eigenvalue weighted by Gasteiger charge is 2.37. The Labute approximate surface area is 151 Å². The number of rotatable bonds is 5. The van der Waals surface area contributed by atoms with E-state index in [9.17, 15) is 13.2 Å². The molecule has 0 amide bonds. The van der Waals surface area contributed by atoms with Crippen molar-refractivity contribution in [1.82, 2.24) is 29.4 Å². The lowest BCUT2D eigenvalue weighted by Crippen LogP contribution is -2.13. The minimum atomic E-state index is -4.61. The zero-order chi connectivity index (χ0) is 18.9. The Morgan fingerprint density at radius 3 is 2.44 bits per heavy atom. The Kier molecular flexibility index (Phi) is 4.22. The van der Waals surface area contributed by atoms with Crippen molar-refractivity contribution >= 4 is 11.5 Å². The fourth-order valence-electron chi connectivity index (χ4n) is 2.61. The number of nitrogens with zero attached hydrogens (tertiary/aromatic N) is 6. The van der Waals surface area contributed by atoms with Crippen molar-refractivity contribution in [1.29, 1.82) is 0 Å². The lowest BCUT2D eigenvalue weighted by molar-refractivity contribution is -0.146. The number of hydrogen-bond acceptors (Lipinski definition) is 5. The second-order valence-corrected chi connectivity index (χ2v) is 5.92. The van der Waals surface area contributed by atoms with Gasteiger partial charge in [-0.2, -0.15) is 17.7 Å². The predicted molar refractivity (Wildman–Crippen MR) is 90.9 cm³/mol. The van der Waals surface area contributed by atoms with Crippen LogP contribution >= 0.6 is 0 Å². The zero-order valence-electron chi connectivity index (χ0n) is 13.9. The molecule has 0 atom stereocenters. The molecule has 3 heterocycles. The SMILES string of the molecule is FC(F)(F)c1nnc2ccc(NCc3ccc(Cn4ccnc4)cc3)nn12. The first-order chi connectivity index (χ1) is 13.0. The highest BCUT2D eigenvalue weighted by atomic mass is 19.4. The number of halogens is 3. The van der Waals surface area contributed by atoms with Crippen LogP contribution in [0.5, 0.6) is 0 Å². The summed E-state index contributed by atoms with van der Waals surface area (Å²) in [5, 5.41) is 13.6. The molecule has 0 unspecified atom stereocenters. The van der Waals surface area contributed by atoms with E-state index >= 15 is 0 Å². The highest BCUT2D eigenvalue weighted by Crippen LogP contribution is 2.27. The van der Waals surface area contributed by atoms with E-state index in [1.807, 2.05) is 35.0 Å². The van der Waals surface area contributed by atoms with Crippen LogP contribution in [0.1, 0.15) is 17.0 Å². The summed E-state index contributed by atoms with van der Waals surface area (Å²) in [7, 11) is 0. The van der Waals surface area contributed by atoms with E-state index in [0.29, 0.717) is 16.9 Å². The van der Waals surface area contributed by atoms with Gasteiger partial charge in [0.1, 0.15) is 5.82 Å². The fourth-order valence-corrected chi connectivity index (χ4v) is 2.61. The predicted octanol–water partition coefficient (Wildman–Crippen LogP) is 3.00. The Morgan fingerprint density at radius 2 is 1.74 bits per heavy atom. The minimum Gasteiger partial charge on any atom is -0.365 e. The van der Waals surface area contributed by atoms with Gasteiger partial charge in [0, 0.05) is 25.5 Å². The summed E-state index contributed by atoms with van der Waals surface area (Å²) in [6.45, 7) is 1.15. The molecule has 0 aliphatic carbocycles. The van der Waals surface area contributed by atoms with Gasteiger partial charge in [-0.3, -0.25) is 0 Å². The van der Waals surface area contributed by atoms with Gasteiger partial charge in [0.15, 0.2) is 5.65 Å². The van der Waals surface area contributed by atoms with Gasteiger partial charge >= 0.3 is 6.18 Å². The average molecular weight is 373 g/mol. The van der Waals surface area contributed by atoms with Crippen molar-refractivity contribution in [3.8, 4) is 0 Å². The molecule has 0 radical (unpaired) electrons. The molecular weight excluding hydrogens is 359 g/mol. The molecule has 27 heavy (non-hydrogen) atoms. The summed E-state index contributed by atoms with van der Waals surface area (Å²) in [6, 6.07) is 10.9. The molecule has 0 fully saturated rings. The van der Waals surface area contributed by atoms with E-state index in [0.717, 1.165) is 17.7 Å². The third-order valence-corrected chi connectivity index (χ3v) is 3.94. The Bertz CT molecular complexity index is 1040. The van der Waals surface area contributed by atoms with E-state index in [4.69, 9.17) is 0 Å². The Hall–Kier alpha value is -3.43. The van der Waals surface area contributed by atoms with Crippen molar-refractivity contribution < 1.29 is 13.2 Å². The van der Waals surface area contributed by atoms with Crippen molar-refractivity contribution in [2.24, 2.45) is 0 Å². The molecule has 7 nitrogen and oxygen atoms in total. The maximum absolute atomic E-state index is 12.9. The molecule has 1 aromatic carbocycles. The van der Waals surface area contributed by atoms with Gasteiger partial charge in [-0.05, 0) is 23.3 Å². The molecule has 3 aromatic heterocycles. The summed E-state index contributed by atoms with van der Waals surface area (Å²) in [6.07, 6.45) is 0.743. The first-order valence-electron chi connectivity index (χ1n) is 8.06. The van der Waals surface area contributed by atoms with Gasteiger partial charge in [-0.1, -0.05) is 24.3 Å². The lowest BCUT2D eigenvalue weighted by Gasteiger charge is -2.08. The summed E-state index contributed by atoms with van der Waals surface area (Å²) in [5.41, 5.74) is 2.14. The van der Waals surface area contributed by atoms with E-state index in [1.54, 1.807) is 18.6 Å². The maximum atomic E-state index is 12.9. The first kappa shape index (κ1) is 17.0. The van der Waals surface area contributed by atoms with Crippen molar-refractivity contribution in [3.63, 3.8) is 0 Å². The van der Waals surface area contributed by atoms with Crippen LogP contribution in [0.25, 0.3) is 5.65 Å². The summed E-state index contributed by atoms with van der Waals surface area (Å²) >= 11 is 0. The van der Waals surface area contributed by atoms with E-state index in [2.05, 4.69) is 25.6 Å². The van der Waals surface area contributed by atoms with Crippen LogP contribution in [-0.2, 0) is 19.3 Å². The molecule has 0 spiro atoms. The molecule has 0 aliphatic heterocycles. The number of anilines is 1. The second kappa shape index (κ2) is 6.71. The number of nitrogens with one attached hydrogen (secondary N) is 1. The molecule has 4 aromatic rings. The highest BCUT2D eigenvalue weighted by molar-refractivity contribution is 5.44. The number of hydrogen-bond donors (Lipinski definition) is 1. The first-order valence-corrected chi connectivity index (χ1v) is 8.06. The van der Waals surface area contributed by atoms with Gasteiger partial charge in [-0.25, -0.2) is 4.98 Å². The number of benzene rings is 1. The van der Waals surface area contributed by atoms with E-state index < -0.39 is 12.0 Å². The molecule has 0 aliphatic rings. The quantitative estimate of drug-likeness (QED) is 0.582. The molecule has 0 bridgehead atoms. The third-order valence-electron chi connectivity index (χ3n) is 3.94. The van der Waals surface area contributed by atoms with E-state index in [1.165, 1.54) is 6.07 Å². The van der Waals surface area contributed by atoms with Crippen LogP contribution in [0.4, 0.5) is 19.0 Å². The monoisotopic (exact) mass is 373 g/mol. The van der Waals surface area contributed by atoms with Gasteiger partial charge in [0.25, 0.3) is 5.82 Å². The van der Waals surface area contributed by atoms with Crippen LogP contribution in [0.15, 0.2) is 55.1 Å². The smallest absolute Gasteiger partial charge is 0.365 e. The summed E-state index contributed by atoms with van der Waals surface area (Å²) < 4.78 is 41.4. The number of alkyl halides is 3. The van der Waals surface area contributed by atoms with Crippen LogP contribution in [0.2, 0.25) is 0 Å². The summed E-state index contributed by atoms with van der Waals surface area (Å²) in [5.74, 6) is -0.847. The number of imidazole rings is 1. The van der Waals surface area contributed by atoms with Gasteiger partial charge < -0.3 is 9.88 Å². The van der Waals surface area contributed by atoms with Gasteiger partial charge in [0.2, 0.25) is 0 Å². The maximum Gasteiger partial charge on any atom is 0.453 e. The van der Waals surface area contributed by atoms with Crippen LogP contribution in [-0.4, -0.2) is 29.4 Å². The normalized spacial score (nSPS) is 11.8. The van der Waals surface area contributed by atoms with Crippen LogP contribution in [0, 0.1) is 0 Å². The lowest BCUT2D eigenvalue weighted by atomic mass is 10.1. The molecule has 138 valence electrons. The Balaban J connectivity index is 1.45. The topological polar surface area (TPSA) is 72.9 Å².